The Labute approximate surface area is 914 Å². The van der Waals surface area contributed by atoms with Crippen LogP contribution in [0.4, 0.5) is 0 Å². The lowest BCUT2D eigenvalue weighted by molar-refractivity contribution is -0.143. The number of hydrogen-bond acceptors (Lipinski definition) is 48. The van der Waals surface area contributed by atoms with E-state index in [2.05, 4.69) is 6.92 Å². The maximum atomic E-state index is 10.7. The first-order valence-corrected chi connectivity index (χ1v) is 48.9. The van der Waals surface area contributed by atoms with Crippen molar-refractivity contribution in [1.82, 2.24) is 0 Å². The molecule has 0 saturated heterocycles. The standard InChI is InChI=1S/C48H92O24.C45H86O24.6H2S/c1-5-48(42-67-33-30-61-21-18-55-9-6-52-12-15-58-24-27-64-36-39-70-45(2)49,43-68-34-31-62-22-19-56-10-7-53-13-16-59-25-28-65-37-40-71-46(3)50)44-69-35-32-63-23-20-57-11-8-54-14-17-60-26-29-66-38-41-72-47(4)51;1-42(46)66-36-32-60-24-20-54-12-8-49-4-6-52-16-18-58-28-30-64-40-45(69-39-35-63-27-23-57-15-11-51-10-14-56-22-26-62-34-38-68-44(3)48)41-65-31-29-59-19-17-53-7-5-50-9-13-55-21-25-61-33-37-67-43(2)47;;;;;;/h5-44H2,1-4H3;45H,4-41H2,1-3H3;6*1H2. The van der Waals surface area contributed by atoms with Crippen LogP contribution in [-0.4, -0.2) is 551 Å². The van der Waals surface area contributed by atoms with Gasteiger partial charge < -0.3 is 199 Å². The SMILES string of the molecule is CC(=O)OCCOCCOCCOCCOCCOCCOCC(COCCOCCOCCOCCOCCOCCOC(C)=O)OCCOCCOCCOCCOCCOCCOC(C)=O.CCC(COCCOCCOCCOCCOCCOCCOC(C)=O)(COCCOCCOCCOCCOCCOCCOC(C)=O)COCCOCCOCCOCCOCCOCCOC(C)=O.S.S.S.S.S.S. The van der Waals surface area contributed by atoms with E-state index >= 15 is 0 Å². The highest BCUT2D eigenvalue weighted by molar-refractivity contribution is 7.60. The summed E-state index contributed by atoms with van der Waals surface area (Å²) in [6.07, 6.45) is 0.433. The van der Waals surface area contributed by atoms with Crippen molar-refractivity contribution in [2.75, 3.05) is 509 Å². The molecule has 0 amide bonds. The van der Waals surface area contributed by atoms with Crippen LogP contribution in [0.3, 0.4) is 0 Å². The summed E-state index contributed by atoms with van der Waals surface area (Å²) < 4.78 is 229. The van der Waals surface area contributed by atoms with Crippen LogP contribution >= 0.6 is 81.0 Å². The van der Waals surface area contributed by atoms with Crippen molar-refractivity contribution in [1.29, 1.82) is 0 Å². The summed E-state index contributed by atoms with van der Waals surface area (Å²) in [6, 6.07) is 0. The first-order valence-electron chi connectivity index (χ1n) is 48.9. The topological polar surface area (TPSA) is 490 Å². The predicted molar refractivity (Wildman–Crippen MR) is 563 cm³/mol. The van der Waals surface area contributed by atoms with Crippen LogP contribution < -0.4 is 0 Å². The van der Waals surface area contributed by atoms with E-state index in [4.69, 9.17) is 199 Å². The average molecular weight is 2270 g/mol. The molecule has 48 nitrogen and oxygen atoms in total. The van der Waals surface area contributed by atoms with Crippen molar-refractivity contribution < 1.29 is 228 Å². The third-order valence-corrected chi connectivity index (χ3v) is 17.1. The molecule has 54 heteroatoms. The Morgan fingerprint density at radius 3 is 0.347 bits per heavy atom. The minimum Gasteiger partial charge on any atom is -0.463 e. The fraction of sp³-hybridized carbons (Fsp3) is 0.935. The lowest BCUT2D eigenvalue weighted by Crippen LogP contribution is -2.38. The highest BCUT2D eigenvalue weighted by Gasteiger charge is 2.30. The van der Waals surface area contributed by atoms with E-state index in [1.807, 2.05) is 0 Å². The van der Waals surface area contributed by atoms with Gasteiger partial charge in [-0.1, -0.05) is 6.92 Å². The molecular weight excluding hydrogens is 2080 g/mol. The molecule has 0 N–H and O–H groups in total. The quantitative estimate of drug-likeness (QED) is 0.0479. The van der Waals surface area contributed by atoms with Gasteiger partial charge in [0.15, 0.2) is 0 Å². The average Bonchev–Trinajstić information content (AvgIpc) is 0.875. The number of hydrogen-bond donors (Lipinski definition) is 0. The van der Waals surface area contributed by atoms with Crippen LogP contribution in [0.1, 0.15) is 54.9 Å². The molecule has 0 aliphatic carbocycles. The van der Waals surface area contributed by atoms with Crippen LogP contribution in [0.2, 0.25) is 0 Å². The zero-order chi connectivity index (χ0) is 102. The first kappa shape index (κ1) is 160. The van der Waals surface area contributed by atoms with Gasteiger partial charge in [0.25, 0.3) is 0 Å². The van der Waals surface area contributed by atoms with Crippen molar-refractivity contribution in [3.63, 3.8) is 0 Å². The zero-order valence-corrected chi connectivity index (χ0v) is 94.8. The molecule has 0 spiro atoms. The van der Waals surface area contributed by atoms with Gasteiger partial charge in [0, 0.05) is 47.0 Å². The van der Waals surface area contributed by atoms with Gasteiger partial charge in [-0.15, -0.1) is 0 Å². The van der Waals surface area contributed by atoms with Gasteiger partial charge in [-0.05, 0) is 6.42 Å². The van der Waals surface area contributed by atoms with Crippen LogP contribution in [0.15, 0.2) is 0 Å². The van der Waals surface area contributed by atoms with Crippen molar-refractivity contribution in [2.45, 2.75) is 61.0 Å². The Hall–Kier alpha value is -2.52. The van der Waals surface area contributed by atoms with E-state index in [9.17, 15) is 28.8 Å². The fourth-order valence-corrected chi connectivity index (χ4v) is 10.1. The summed E-state index contributed by atoms with van der Waals surface area (Å²) in [4.78, 5) is 64.2. The Balaban J connectivity index is -0.000000421. The second-order valence-corrected chi connectivity index (χ2v) is 29.1. The molecule has 0 aromatic rings. The molecule has 0 bridgehead atoms. The summed E-state index contributed by atoms with van der Waals surface area (Å²) in [7, 11) is 0. The highest BCUT2D eigenvalue weighted by Crippen LogP contribution is 2.24. The van der Waals surface area contributed by atoms with E-state index in [0.29, 0.717) is 469 Å². The van der Waals surface area contributed by atoms with Gasteiger partial charge in [0.05, 0.1) is 469 Å². The predicted octanol–water partition coefficient (Wildman–Crippen LogP) is 2.39. The van der Waals surface area contributed by atoms with Gasteiger partial charge in [-0.3, -0.25) is 28.8 Å². The summed E-state index contributed by atoms with van der Waals surface area (Å²) in [5.41, 5.74) is -0.392. The molecule has 0 unspecified atom stereocenters. The van der Waals surface area contributed by atoms with Crippen LogP contribution in [0.5, 0.6) is 0 Å². The number of carbonyl (C=O) groups excluding carboxylic acids is 6. The molecule has 147 heavy (non-hydrogen) atoms. The van der Waals surface area contributed by atoms with Crippen molar-refractivity contribution >= 4 is 117 Å². The van der Waals surface area contributed by atoms with Crippen molar-refractivity contribution in [2.24, 2.45) is 5.41 Å². The van der Waals surface area contributed by atoms with Gasteiger partial charge in [-0.25, -0.2) is 0 Å². The minimum atomic E-state index is -0.392. The molecule has 886 valence electrons. The van der Waals surface area contributed by atoms with Crippen molar-refractivity contribution in [3.05, 3.63) is 0 Å². The van der Waals surface area contributed by atoms with Crippen LogP contribution in [0.25, 0.3) is 0 Å². The summed E-state index contributed by atoms with van der Waals surface area (Å²) in [5, 5.41) is 0. The molecule has 0 rings (SSSR count). The summed E-state index contributed by atoms with van der Waals surface area (Å²) >= 11 is 0. The summed E-state index contributed by atoms with van der Waals surface area (Å²) in [5.74, 6) is -1.97. The second kappa shape index (κ2) is 140. The number of esters is 6. The van der Waals surface area contributed by atoms with E-state index in [1.165, 1.54) is 41.5 Å². The summed E-state index contributed by atoms with van der Waals surface area (Å²) in [6.45, 7) is 41.1. The zero-order valence-electron chi connectivity index (χ0n) is 88.8. The molecule has 0 aliphatic heterocycles. The number of carbonyl (C=O) groups is 6. The Morgan fingerprint density at radius 1 is 0.143 bits per heavy atom. The van der Waals surface area contributed by atoms with Gasteiger partial charge in [-0.2, -0.15) is 81.0 Å². The molecule has 0 atom stereocenters. The molecule has 0 saturated carbocycles. The molecule has 0 fully saturated rings. The number of ether oxygens (including phenoxy) is 42. The maximum Gasteiger partial charge on any atom is 0.302 e. The molecule has 0 aromatic heterocycles. The third kappa shape index (κ3) is 146. The molecule has 0 aromatic carbocycles. The monoisotopic (exact) mass is 2270 g/mol. The van der Waals surface area contributed by atoms with Crippen LogP contribution in [0, 0.1) is 5.41 Å². The van der Waals surface area contributed by atoms with Crippen LogP contribution in [-0.2, 0) is 228 Å². The highest BCUT2D eigenvalue weighted by atomic mass is 32.1. The number of rotatable bonds is 120. The third-order valence-electron chi connectivity index (χ3n) is 17.1. The largest absolute Gasteiger partial charge is 0.463 e. The Kier molecular flexibility index (Phi) is 152. The van der Waals surface area contributed by atoms with Gasteiger partial charge in [0.2, 0.25) is 0 Å². The Morgan fingerprint density at radius 2 is 0.238 bits per heavy atom. The minimum absolute atomic E-state index is 0. The lowest BCUT2D eigenvalue weighted by atomic mass is 9.88. The normalized spacial score (nSPS) is 11.1. The van der Waals surface area contributed by atoms with E-state index < -0.39 is 5.41 Å². The molecule has 0 radical (unpaired) electrons. The van der Waals surface area contributed by atoms with E-state index in [1.54, 1.807) is 0 Å². The fourth-order valence-electron chi connectivity index (χ4n) is 10.1. The maximum absolute atomic E-state index is 10.7. The molecule has 0 heterocycles. The lowest BCUT2D eigenvalue weighted by Gasteiger charge is -2.32. The van der Waals surface area contributed by atoms with Crippen molar-refractivity contribution in [3.8, 4) is 0 Å². The Bertz CT molecular complexity index is 2390. The first-order chi connectivity index (χ1) is 69.2. The smallest absolute Gasteiger partial charge is 0.302 e. The molecule has 0 aliphatic rings. The second-order valence-electron chi connectivity index (χ2n) is 29.1. The molecular formula is C93H190O48S6. The van der Waals surface area contributed by atoms with Gasteiger partial charge in [0.1, 0.15) is 45.7 Å². The van der Waals surface area contributed by atoms with Gasteiger partial charge >= 0.3 is 35.8 Å². The van der Waals surface area contributed by atoms with E-state index in [0.717, 1.165) is 6.42 Å². The van der Waals surface area contributed by atoms with E-state index in [-0.39, 0.29) is 163 Å².